The van der Waals surface area contributed by atoms with Gasteiger partial charge in [0.05, 0.1) is 0 Å². The van der Waals surface area contributed by atoms with Gasteiger partial charge >= 0.3 is 0 Å². The van der Waals surface area contributed by atoms with Crippen molar-refractivity contribution in [3.8, 4) is 17.1 Å². The molecule has 0 saturated carbocycles. The number of hydrogen-bond acceptors (Lipinski definition) is 6. The van der Waals surface area contributed by atoms with E-state index in [1.54, 1.807) is 24.0 Å². The molecule has 3 rings (SSSR count). The zero-order chi connectivity index (χ0) is 17.8. The molecular formula is C17H20N4O4. The first-order valence-corrected chi connectivity index (χ1v) is 8.13. The van der Waals surface area contributed by atoms with Gasteiger partial charge in [0, 0.05) is 31.5 Å². The van der Waals surface area contributed by atoms with Gasteiger partial charge < -0.3 is 19.9 Å². The van der Waals surface area contributed by atoms with Crippen LogP contribution in [0.2, 0.25) is 0 Å². The van der Waals surface area contributed by atoms with E-state index in [-0.39, 0.29) is 24.3 Å². The Morgan fingerprint density at radius 2 is 1.96 bits per heavy atom. The van der Waals surface area contributed by atoms with Crippen LogP contribution in [0.15, 0.2) is 28.8 Å². The van der Waals surface area contributed by atoms with Crippen molar-refractivity contribution in [2.24, 2.45) is 11.7 Å². The van der Waals surface area contributed by atoms with Gasteiger partial charge in [0.25, 0.3) is 5.91 Å². The zero-order valence-corrected chi connectivity index (χ0v) is 14.0. The first-order valence-electron chi connectivity index (χ1n) is 8.13. The highest BCUT2D eigenvalue weighted by Crippen LogP contribution is 2.20. The Kier molecular flexibility index (Phi) is 4.97. The van der Waals surface area contributed by atoms with Gasteiger partial charge in [-0.2, -0.15) is 4.98 Å². The van der Waals surface area contributed by atoms with E-state index in [1.165, 1.54) is 0 Å². The van der Waals surface area contributed by atoms with E-state index in [9.17, 15) is 9.59 Å². The lowest BCUT2D eigenvalue weighted by Gasteiger charge is -2.30. The Hall–Kier alpha value is -2.90. The molecule has 0 atom stereocenters. The molecule has 25 heavy (non-hydrogen) atoms. The number of aryl methyl sites for hydroxylation is 1. The highest BCUT2D eigenvalue weighted by atomic mass is 16.5. The minimum atomic E-state index is -0.291. The second kappa shape index (κ2) is 7.33. The number of hydrogen-bond donors (Lipinski definition) is 1. The predicted octanol–water partition coefficient (Wildman–Crippen LogP) is 1.15. The molecule has 2 heterocycles. The van der Waals surface area contributed by atoms with Gasteiger partial charge in [-0.05, 0) is 37.1 Å². The highest BCUT2D eigenvalue weighted by molar-refractivity contribution is 5.79. The van der Waals surface area contributed by atoms with E-state index in [1.807, 2.05) is 12.1 Å². The topological polar surface area (TPSA) is 112 Å². The molecule has 8 nitrogen and oxygen atoms in total. The SMILES string of the molecule is Cc1nc(-c2ccc(OCC(=O)N3CCC(C(N)=O)CC3)cc2)no1. The number of aromatic nitrogens is 2. The monoisotopic (exact) mass is 344 g/mol. The fourth-order valence-corrected chi connectivity index (χ4v) is 2.77. The standard InChI is InChI=1S/C17H20N4O4/c1-11-19-17(20-25-11)13-2-4-14(5-3-13)24-10-15(22)21-8-6-12(7-9-21)16(18)23/h2-5,12H,6-10H2,1H3,(H2,18,23). The molecule has 1 saturated heterocycles. The lowest BCUT2D eigenvalue weighted by Crippen LogP contribution is -2.43. The van der Waals surface area contributed by atoms with Crippen LogP contribution in [0.5, 0.6) is 5.75 Å². The first kappa shape index (κ1) is 16.9. The van der Waals surface area contributed by atoms with Gasteiger partial charge in [-0.15, -0.1) is 0 Å². The molecule has 132 valence electrons. The third-order valence-corrected chi connectivity index (χ3v) is 4.25. The predicted molar refractivity (Wildman–Crippen MR) is 88.5 cm³/mol. The number of amides is 2. The molecule has 2 N–H and O–H groups in total. The van der Waals surface area contributed by atoms with Crippen molar-refractivity contribution in [2.45, 2.75) is 19.8 Å². The smallest absolute Gasteiger partial charge is 0.260 e. The minimum absolute atomic E-state index is 0.0398. The number of piperidine rings is 1. The molecule has 1 aromatic carbocycles. The van der Waals surface area contributed by atoms with Crippen LogP contribution in [0.25, 0.3) is 11.4 Å². The van der Waals surface area contributed by atoms with Crippen LogP contribution in [-0.4, -0.2) is 46.6 Å². The lowest BCUT2D eigenvalue weighted by molar-refractivity contribution is -0.136. The summed E-state index contributed by atoms with van der Waals surface area (Å²) in [6.45, 7) is 2.76. The third kappa shape index (κ3) is 4.14. The summed E-state index contributed by atoms with van der Waals surface area (Å²) >= 11 is 0. The summed E-state index contributed by atoms with van der Waals surface area (Å²) in [4.78, 5) is 29.2. The van der Waals surface area contributed by atoms with E-state index in [0.29, 0.717) is 43.4 Å². The minimum Gasteiger partial charge on any atom is -0.484 e. The van der Waals surface area contributed by atoms with Gasteiger partial charge in [0.15, 0.2) is 6.61 Å². The van der Waals surface area contributed by atoms with Gasteiger partial charge in [-0.3, -0.25) is 9.59 Å². The number of carbonyl (C=O) groups excluding carboxylic acids is 2. The molecule has 2 amide bonds. The number of benzene rings is 1. The quantitative estimate of drug-likeness (QED) is 0.871. The summed E-state index contributed by atoms with van der Waals surface area (Å²) in [5.74, 6) is 1.08. The van der Waals surface area contributed by atoms with Crippen LogP contribution < -0.4 is 10.5 Å². The van der Waals surface area contributed by atoms with Crippen LogP contribution in [0.4, 0.5) is 0 Å². The van der Waals surface area contributed by atoms with Crippen LogP contribution >= 0.6 is 0 Å². The van der Waals surface area contributed by atoms with Gasteiger partial charge in [-0.25, -0.2) is 0 Å². The molecule has 8 heteroatoms. The summed E-state index contributed by atoms with van der Waals surface area (Å²) in [6.07, 6.45) is 1.22. The largest absolute Gasteiger partial charge is 0.484 e. The number of carbonyl (C=O) groups is 2. The van der Waals surface area contributed by atoms with Crippen LogP contribution in [0, 0.1) is 12.8 Å². The summed E-state index contributed by atoms with van der Waals surface area (Å²) in [7, 11) is 0. The molecule has 0 spiro atoms. The molecular weight excluding hydrogens is 324 g/mol. The molecule has 0 unspecified atom stereocenters. The molecule has 0 bridgehead atoms. The number of nitrogens with two attached hydrogens (primary N) is 1. The van der Waals surface area contributed by atoms with Crippen LogP contribution in [0.3, 0.4) is 0 Å². The molecule has 1 fully saturated rings. The van der Waals surface area contributed by atoms with Crippen molar-refractivity contribution in [2.75, 3.05) is 19.7 Å². The number of likely N-dealkylation sites (tertiary alicyclic amines) is 1. The Morgan fingerprint density at radius 3 is 2.52 bits per heavy atom. The Bertz CT molecular complexity index is 748. The van der Waals surface area contributed by atoms with Crippen molar-refractivity contribution < 1.29 is 18.8 Å². The summed E-state index contributed by atoms with van der Waals surface area (Å²) in [5.41, 5.74) is 6.11. The molecule has 1 aliphatic heterocycles. The third-order valence-electron chi connectivity index (χ3n) is 4.25. The Labute approximate surface area is 144 Å². The number of rotatable bonds is 5. The molecule has 1 aliphatic rings. The maximum atomic E-state index is 12.2. The van der Waals surface area contributed by atoms with Crippen LogP contribution in [-0.2, 0) is 9.59 Å². The van der Waals surface area contributed by atoms with Crippen molar-refractivity contribution in [1.29, 1.82) is 0 Å². The number of primary amides is 1. The fraction of sp³-hybridized carbons (Fsp3) is 0.412. The first-order chi connectivity index (χ1) is 12.0. The maximum absolute atomic E-state index is 12.2. The normalized spacial score (nSPS) is 15.2. The van der Waals surface area contributed by atoms with Crippen molar-refractivity contribution in [1.82, 2.24) is 15.0 Å². The van der Waals surface area contributed by atoms with Gasteiger partial charge in [0.2, 0.25) is 17.6 Å². The second-order valence-corrected chi connectivity index (χ2v) is 6.01. The van der Waals surface area contributed by atoms with E-state index >= 15 is 0 Å². The molecule has 1 aromatic heterocycles. The second-order valence-electron chi connectivity index (χ2n) is 6.01. The van der Waals surface area contributed by atoms with Gasteiger partial charge in [-0.1, -0.05) is 5.16 Å². The summed E-state index contributed by atoms with van der Waals surface area (Å²) in [5, 5.41) is 3.85. The molecule has 2 aromatic rings. The fourth-order valence-electron chi connectivity index (χ4n) is 2.77. The Balaban J connectivity index is 1.50. The molecule has 0 aliphatic carbocycles. The average molecular weight is 344 g/mol. The number of nitrogens with zero attached hydrogens (tertiary/aromatic N) is 3. The maximum Gasteiger partial charge on any atom is 0.260 e. The van der Waals surface area contributed by atoms with Gasteiger partial charge in [0.1, 0.15) is 5.75 Å². The summed E-state index contributed by atoms with van der Waals surface area (Å²) in [6, 6.07) is 7.13. The van der Waals surface area contributed by atoms with Crippen molar-refractivity contribution >= 4 is 11.8 Å². The van der Waals surface area contributed by atoms with E-state index in [0.717, 1.165) is 5.56 Å². The number of ether oxygens (including phenoxy) is 1. The summed E-state index contributed by atoms with van der Waals surface area (Å²) < 4.78 is 10.5. The van der Waals surface area contributed by atoms with E-state index in [2.05, 4.69) is 10.1 Å². The van der Waals surface area contributed by atoms with E-state index in [4.69, 9.17) is 15.0 Å². The van der Waals surface area contributed by atoms with Crippen LogP contribution in [0.1, 0.15) is 18.7 Å². The molecule has 0 radical (unpaired) electrons. The van der Waals surface area contributed by atoms with Crippen molar-refractivity contribution in [3.63, 3.8) is 0 Å². The van der Waals surface area contributed by atoms with Crippen molar-refractivity contribution in [3.05, 3.63) is 30.2 Å². The lowest BCUT2D eigenvalue weighted by atomic mass is 9.96. The van der Waals surface area contributed by atoms with E-state index < -0.39 is 0 Å². The Morgan fingerprint density at radius 1 is 1.28 bits per heavy atom. The average Bonchev–Trinajstić information content (AvgIpc) is 3.06. The highest BCUT2D eigenvalue weighted by Gasteiger charge is 2.25. The zero-order valence-electron chi connectivity index (χ0n) is 14.0.